The molecule has 0 aliphatic heterocycles. The van der Waals surface area contributed by atoms with Crippen molar-refractivity contribution in [2.45, 2.75) is 19.3 Å². The van der Waals surface area contributed by atoms with Gasteiger partial charge in [0.25, 0.3) is 0 Å². The van der Waals surface area contributed by atoms with Crippen LogP contribution in [0.4, 0.5) is 0 Å². The lowest BCUT2D eigenvalue weighted by Crippen LogP contribution is -2.10. The highest BCUT2D eigenvalue weighted by molar-refractivity contribution is 5.35. The second kappa shape index (κ2) is 3.17. The maximum atomic E-state index is 5.17. The SMILES string of the molecule is C=C1CCc2c(ncnc2OC)C1. The Morgan fingerprint density at radius 1 is 1.38 bits per heavy atom. The van der Waals surface area contributed by atoms with E-state index in [0.717, 1.165) is 36.4 Å². The third-order valence-electron chi connectivity index (χ3n) is 2.33. The number of hydrogen-bond acceptors (Lipinski definition) is 3. The number of nitrogens with zero attached hydrogens (tertiary/aromatic N) is 2. The highest BCUT2D eigenvalue weighted by atomic mass is 16.5. The minimum atomic E-state index is 0.720. The fourth-order valence-corrected chi connectivity index (χ4v) is 1.64. The number of allylic oxidation sites excluding steroid dienone is 1. The van der Waals surface area contributed by atoms with E-state index in [4.69, 9.17) is 4.74 Å². The van der Waals surface area contributed by atoms with Gasteiger partial charge in [-0.05, 0) is 12.8 Å². The second-order valence-corrected chi connectivity index (χ2v) is 3.23. The topological polar surface area (TPSA) is 35.0 Å². The molecular weight excluding hydrogens is 164 g/mol. The molecule has 0 fully saturated rings. The van der Waals surface area contributed by atoms with Gasteiger partial charge >= 0.3 is 0 Å². The van der Waals surface area contributed by atoms with E-state index in [1.165, 1.54) is 5.57 Å². The highest BCUT2D eigenvalue weighted by Gasteiger charge is 2.17. The fraction of sp³-hybridized carbons (Fsp3) is 0.400. The zero-order chi connectivity index (χ0) is 9.26. The van der Waals surface area contributed by atoms with E-state index >= 15 is 0 Å². The summed E-state index contributed by atoms with van der Waals surface area (Å²) >= 11 is 0. The summed E-state index contributed by atoms with van der Waals surface area (Å²) in [7, 11) is 1.64. The molecular formula is C10H12N2O. The molecule has 3 heteroatoms. The molecule has 68 valence electrons. The summed E-state index contributed by atoms with van der Waals surface area (Å²) in [5.74, 6) is 0.720. The van der Waals surface area contributed by atoms with Gasteiger partial charge in [0.2, 0.25) is 5.88 Å². The molecule has 1 aliphatic carbocycles. The van der Waals surface area contributed by atoms with Gasteiger partial charge in [0.15, 0.2) is 0 Å². The van der Waals surface area contributed by atoms with Gasteiger partial charge in [-0.2, -0.15) is 0 Å². The van der Waals surface area contributed by atoms with Gasteiger partial charge in [0, 0.05) is 12.0 Å². The monoisotopic (exact) mass is 176 g/mol. The van der Waals surface area contributed by atoms with Crippen LogP contribution in [0.15, 0.2) is 18.5 Å². The average molecular weight is 176 g/mol. The van der Waals surface area contributed by atoms with Crippen molar-refractivity contribution in [1.82, 2.24) is 9.97 Å². The van der Waals surface area contributed by atoms with Crippen LogP contribution in [0.1, 0.15) is 17.7 Å². The number of ether oxygens (including phenoxy) is 1. The first kappa shape index (κ1) is 8.23. The number of fused-ring (bicyclic) bond motifs is 1. The minimum absolute atomic E-state index is 0.720. The lowest BCUT2D eigenvalue weighted by molar-refractivity contribution is 0.389. The summed E-state index contributed by atoms with van der Waals surface area (Å²) in [5, 5.41) is 0. The summed E-state index contributed by atoms with van der Waals surface area (Å²) in [5.41, 5.74) is 3.47. The van der Waals surface area contributed by atoms with Gasteiger partial charge in [-0.1, -0.05) is 12.2 Å². The highest BCUT2D eigenvalue weighted by Crippen LogP contribution is 2.27. The van der Waals surface area contributed by atoms with E-state index in [9.17, 15) is 0 Å². The predicted molar refractivity (Wildman–Crippen MR) is 49.7 cm³/mol. The first-order valence-corrected chi connectivity index (χ1v) is 4.34. The fourth-order valence-electron chi connectivity index (χ4n) is 1.64. The van der Waals surface area contributed by atoms with E-state index in [1.54, 1.807) is 13.4 Å². The van der Waals surface area contributed by atoms with Gasteiger partial charge in [0.1, 0.15) is 6.33 Å². The first-order chi connectivity index (χ1) is 6.31. The zero-order valence-corrected chi connectivity index (χ0v) is 7.71. The van der Waals surface area contributed by atoms with E-state index in [1.807, 2.05) is 0 Å². The second-order valence-electron chi connectivity index (χ2n) is 3.23. The van der Waals surface area contributed by atoms with Crippen LogP contribution in [-0.2, 0) is 12.8 Å². The number of rotatable bonds is 1. The summed E-state index contributed by atoms with van der Waals surface area (Å²) in [6.07, 6.45) is 4.40. The lowest BCUT2D eigenvalue weighted by atomic mass is 9.93. The van der Waals surface area contributed by atoms with Crippen LogP contribution < -0.4 is 4.74 Å². The molecule has 3 nitrogen and oxygen atoms in total. The van der Waals surface area contributed by atoms with Crippen LogP contribution in [0.5, 0.6) is 5.88 Å². The molecule has 1 aromatic heterocycles. The quantitative estimate of drug-likeness (QED) is 0.609. The smallest absolute Gasteiger partial charge is 0.219 e. The van der Waals surface area contributed by atoms with Gasteiger partial charge in [-0.25, -0.2) is 9.97 Å². The average Bonchev–Trinajstić information content (AvgIpc) is 2.16. The van der Waals surface area contributed by atoms with Crippen LogP contribution in [0.25, 0.3) is 0 Å². The molecule has 0 aromatic carbocycles. The van der Waals surface area contributed by atoms with E-state index in [0.29, 0.717) is 0 Å². The molecule has 2 rings (SSSR count). The minimum Gasteiger partial charge on any atom is -0.481 e. The summed E-state index contributed by atoms with van der Waals surface area (Å²) in [6.45, 7) is 3.97. The Kier molecular flexibility index (Phi) is 2.00. The molecule has 0 saturated heterocycles. The first-order valence-electron chi connectivity index (χ1n) is 4.34. The maximum absolute atomic E-state index is 5.17. The summed E-state index contributed by atoms with van der Waals surface area (Å²) < 4.78 is 5.17. The van der Waals surface area contributed by atoms with Gasteiger partial charge < -0.3 is 4.74 Å². The van der Waals surface area contributed by atoms with E-state index in [2.05, 4.69) is 16.5 Å². The molecule has 0 atom stereocenters. The number of hydrogen-bond donors (Lipinski definition) is 0. The Labute approximate surface area is 77.5 Å². The molecule has 0 N–H and O–H groups in total. The third kappa shape index (κ3) is 1.41. The van der Waals surface area contributed by atoms with Crippen LogP contribution >= 0.6 is 0 Å². The zero-order valence-electron chi connectivity index (χ0n) is 7.71. The molecule has 0 bridgehead atoms. The molecule has 0 unspecified atom stereocenters. The van der Waals surface area contributed by atoms with Crippen molar-refractivity contribution in [2.24, 2.45) is 0 Å². The number of methoxy groups -OCH3 is 1. The molecule has 0 amide bonds. The van der Waals surface area contributed by atoms with Gasteiger partial charge in [-0.15, -0.1) is 0 Å². The van der Waals surface area contributed by atoms with Crippen LogP contribution in [0.2, 0.25) is 0 Å². The Balaban J connectivity index is 2.45. The number of aromatic nitrogens is 2. The van der Waals surface area contributed by atoms with Crippen molar-refractivity contribution >= 4 is 0 Å². The van der Waals surface area contributed by atoms with Crippen LogP contribution in [0, 0.1) is 0 Å². The summed E-state index contributed by atoms with van der Waals surface area (Å²) in [6, 6.07) is 0. The standard InChI is InChI=1S/C10H12N2O/c1-7-3-4-8-9(5-7)11-6-12-10(8)13-2/h6H,1,3-5H2,2H3. The Morgan fingerprint density at radius 3 is 3.00 bits per heavy atom. The van der Waals surface area contributed by atoms with E-state index < -0.39 is 0 Å². The predicted octanol–water partition coefficient (Wildman–Crippen LogP) is 1.53. The Morgan fingerprint density at radius 2 is 2.23 bits per heavy atom. The Hall–Kier alpha value is -1.38. The van der Waals surface area contributed by atoms with Crippen LogP contribution in [-0.4, -0.2) is 17.1 Å². The molecule has 13 heavy (non-hydrogen) atoms. The molecule has 0 radical (unpaired) electrons. The lowest BCUT2D eigenvalue weighted by Gasteiger charge is -2.17. The van der Waals surface area contributed by atoms with Crippen molar-refractivity contribution in [1.29, 1.82) is 0 Å². The molecule has 1 aromatic rings. The third-order valence-corrected chi connectivity index (χ3v) is 2.33. The molecule has 0 saturated carbocycles. The van der Waals surface area contributed by atoms with Gasteiger partial charge in [0.05, 0.1) is 12.8 Å². The molecule has 1 heterocycles. The van der Waals surface area contributed by atoms with Crippen molar-refractivity contribution in [3.8, 4) is 5.88 Å². The normalized spacial score (nSPS) is 15.3. The van der Waals surface area contributed by atoms with Gasteiger partial charge in [-0.3, -0.25) is 0 Å². The van der Waals surface area contributed by atoms with Crippen molar-refractivity contribution < 1.29 is 4.74 Å². The maximum Gasteiger partial charge on any atom is 0.219 e. The van der Waals surface area contributed by atoms with E-state index in [-0.39, 0.29) is 0 Å². The summed E-state index contributed by atoms with van der Waals surface area (Å²) in [4.78, 5) is 8.30. The van der Waals surface area contributed by atoms with Crippen molar-refractivity contribution in [3.05, 3.63) is 29.7 Å². The Bertz CT molecular complexity index is 347. The molecule has 1 aliphatic rings. The van der Waals surface area contributed by atoms with Crippen LogP contribution in [0.3, 0.4) is 0 Å². The molecule has 0 spiro atoms. The largest absolute Gasteiger partial charge is 0.481 e. The van der Waals surface area contributed by atoms with Crippen molar-refractivity contribution in [3.63, 3.8) is 0 Å². The van der Waals surface area contributed by atoms with Crippen molar-refractivity contribution in [2.75, 3.05) is 7.11 Å².